The van der Waals surface area contributed by atoms with Gasteiger partial charge in [0.05, 0.1) is 12.2 Å². The number of esters is 1. The number of hydrogen-bond acceptors (Lipinski definition) is 4. The van der Waals surface area contributed by atoms with E-state index in [1.807, 2.05) is 45.0 Å². The Labute approximate surface area is 154 Å². The number of nitrogens with one attached hydrogen (secondary N) is 1. The molecule has 0 aliphatic heterocycles. The zero-order valence-corrected chi connectivity index (χ0v) is 15.5. The van der Waals surface area contributed by atoms with E-state index in [1.54, 1.807) is 24.3 Å². The van der Waals surface area contributed by atoms with Crippen LogP contribution in [0.25, 0.3) is 0 Å². The topological polar surface area (TPSA) is 64.6 Å². The predicted octanol–water partition coefficient (Wildman–Crippen LogP) is 3.50. The molecule has 0 aromatic heterocycles. The highest BCUT2D eigenvalue weighted by molar-refractivity contribution is 5.91. The number of amides is 1. The lowest BCUT2D eigenvalue weighted by Crippen LogP contribution is -2.28. The summed E-state index contributed by atoms with van der Waals surface area (Å²) >= 11 is 0. The van der Waals surface area contributed by atoms with Crippen molar-refractivity contribution in [3.05, 3.63) is 65.2 Å². The van der Waals surface area contributed by atoms with Crippen LogP contribution in [0.15, 0.2) is 48.5 Å². The maximum absolute atomic E-state index is 12.1. The van der Waals surface area contributed by atoms with E-state index in [2.05, 4.69) is 5.32 Å². The van der Waals surface area contributed by atoms with Gasteiger partial charge in [-0.1, -0.05) is 44.2 Å². The molecule has 2 aromatic carbocycles. The van der Waals surface area contributed by atoms with E-state index in [9.17, 15) is 9.59 Å². The molecule has 0 atom stereocenters. The third-order valence-corrected chi connectivity index (χ3v) is 3.72. The zero-order chi connectivity index (χ0) is 18.9. The summed E-state index contributed by atoms with van der Waals surface area (Å²) in [6, 6.07) is 14.6. The molecular weight excluding hydrogens is 330 g/mol. The first-order valence-electron chi connectivity index (χ1n) is 8.67. The van der Waals surface area contributed by atoms with Gasteiger partial charge in [0.15, 0.2) is 6.61 Å². The maximum atomic E-state index is 12.1. The van der Waals surface area contributed by atoms with E-state index in [-0.39, 0.29) is 12.5 Å². The van der Waals surface area contributed by atoms with Gasteiger partial charge in [0.1, 0.15) is 5.75 Å². The first-order valence-corrected chi connectivity index (χ1v) is 8.67. The lowest BCUT2D eigenvalue weighted by Gasteiger charge is -2.10. The third-order valence-electron chi connectivity index (χ3n) is 3.72. The molecule has 0 heterocycles. The minimum absolute atomic E-state index is 0.318. The van der Waals surface area contributed by atoms with Crippen LogP contribution in [0.3, 0.4) is 0 Å². The van der Waals surface area contributed by atoms with Gasteiger partial charge in [0.2, 0.25) is 0 Å². The number of hydrogen-bond donors (Lipinski definition) is 1. The normalized spacial score (nSPS) is 10.5. The van der Waals surface area contributed by atoms with Gasteiger partial charge < -0.3 is 14.8 Å². The number of rotatable bonds is 8. The Hall–Kier alpha value is -2.82. The summed E-state index contributed by atoms with van der Waals surface area (Å²) in [7, 11) is 0. The van der Waals surface area contributed by atoms with Gasteiger partial charge >= 0.3 is 5.97 Å². The molecular formula is C21H25NO4. The van der Waals surface area contributed by atoms with Crippen molar-refractivity contribution in [1.29, 1.82) is 0 Å². The van der Waals surface area contributed by atoms with Crippen LogP contribution < -0.4 is 10.1 Å². The van der Waals surface area contributed by atoms with Gasteiger partial charge in [-0.15, -0.1) is 0 Å². The summed E-state index contributed by atoms with van der Waals surface area (Å²) in [5.74, 6) is 0.111. The summed E-state index contributed by atoms with van der Waals surface area (Å²) in [4.78, 5) is 24.0. The Bertz CT molecular complexity index is 755. The summed E-state index contributed by atoms with van der Waals surface area (Å²) in [5, 5.41) is 2.75. The van der Waals surface area contributed by atoms with Gasteiger partial charge in [-0.25, -0.2) is 4.79 Å². The molecule has 5 nitrogen and oxygen atoms in total. The minimum Gasteiger partial charge on any atom is -0.493 e. The first kappa shape index (κ1) is 19.5. The Morgan fingerprint density at radius 3 is 2.58 bits per heavy atom. The Morgan fingerprint density at radius 1 is 1.08 bits per heavy atom. The van der Waals surface area contributed by atoms with Gasteiger partial charge in [0.25, 0.3) is 5.91 Å². The molecule has 0 fully saturated rings. The van der Waals surface area contributed by atoms with Crippen LogP contribution in [0, 0.1) is 12.8 Å². The molecule has 0 aliphatic rings. The largest absolute Gasteiger partial charge is 0.493 e. The summed E-state index contributed by atoms with van der Waals surface area (Å²) in [6.07, 6.45) is 0. The molecule has 0 spiro atoms. The van der Waals surface area contributed by atoms with Gasteiger partial charge in [-0.3, -0.25) is 4.79 Å². The van der Waals surface area contributed by atoms with Crippen LogP contribution in [0.2, 0.25) is 0 Å². The lowest BCUT2D eigenvalue weighted by molar-refractivity contribution is -0.124. The van der Waals surface area contributed by atoms with Crippen LogP contribution in [0.5, 0.6) is 5.75 Å². The van der Waals surface area contributed by atoms with Crippen molar-refractivity contribution in [2.75, 3.05) is 13.2 Å². The third kappa shape index (κ3) is 6.24. The first-order chi connectivity index (χ1) is 12.5. The van der Waals surface area contributed by atoms with Gasteiger partial charge in [-0.2, -0.15) is 0 Å². The number of ether oxygens (including phenoxy) is 2. The van der Waals surface area contributed by atoms with Crippen molar-refractivity contribution in [2.45, 2.75) is 27.3 Å². The molecule has 0 saturated carbocycles. The zero-order valence-electron chi connectivity index (χ0n) is 15.5. The average Bonchev–Trinajstić information content (AvgIpc) is 2.64. The second-order valence-corrected chi connectivity index (χ2v) is 6.51. The molecule has 0 aliphatic carbocycles. The van der Waals surface area contributed by atoms with E-state index in [4.69, 9.17) is 9.47 Å². The second-order valence-electron chi connectivity index (χ2n) is 6.51. The van der Waals surface area contributed by atoms with Crippen LogP contribution in [-0.2, 0) is 16.1 Å². The second kappa shape index (κ2) is 9.61. The van der Waals surface area contributed by atoms with Gasteiger partial charge in [-0.05, 0) is 42.2 Å². The quantitative estimate of drug-likeness (QED) is 0.736. The Kier molecular flexibility index (Phi) is 7.21. The number of benzene rings is 2. The molecule has 1 amide bonds. The predicted molar refractivity (Wildman–Crippen MR) is 100 cm³/mol. The molecule has 0 radical (unpaired) electrons. The van der Waals surface area contributed by atoms with Crippen LogP contribution in [0.1, 0.15) is 35.3 Å². The van der Waals surface area contributed by atoms with Crippen molar-refractivity contribution in [2.24, 2.45) is 5.92 Å². The fourth-order valence-electron chi connectivity index (χ4n) is 2.24. The molecule has 138 valence electrons. The molecule has 2 rings (SSSR count). The van der Waals surface area contributed by atoms with E-state index in [1.165, 1.54) is 0 Å². The fraction of sp³-hybridized carbons (Fsp3) is 0.333. The Balaban J connectivity index is 1.81. The summed E-state index contributed by atoms with van der Waals surface area (Å²) in [5.41, 5.74) is 2.49. The summed E-state index contributed by atoms with van der Waals surface area (Å²) in [6.45, 7) is 6.74. The molecule has 0 bridgehead atoms. The van der Waals surface area contributed by atoms with Crippen molar-refractivity contribution in [3.63, 3.8) is 0 Å². The van der Waals surface area contributed by atoms with E-state index < -0.39 is 5.97 Å². The molecule has 0 saturated heterocycles. The smallest absolute Gasteiger partial charge is 0.338 e. The number of carbonyl (C=O) groups is 2. The number of aryl methyl sites for hydroxylation is 1. The SMILES string of the molecule is Cc1ccccc1CNC(=O)COC(=O)c1cccc(OCC(C)C)c1. The molecule has 1 N–H and O–H groups in total. The van der Waals surface area contributed by atoms with Crippen LogP contribution >= 0.6 is 0 Å². The highest BCUT2D eigenvalue weighted by Crippen LogP contribution is 2.15. The average molecular weight is 355 g/mol. The lowest BCUT2D eigenvalue weighted by atomic mass is 10.1. The van der Waals surface area contributed by atoms with Crippen molar-refractivity contribution in [1.82, 2.24) is 5.32 Å². The fourth-order valence-corrected chi connectivity index (χ4v) is 2.24. The molecule has 5 heteroatoms. The maximum Gasteiger partial charge on any atom is 0.338 e. The molecule has 2 aromatic rings. The highest BCUT2D eigenvalue weighted by atomic mass is 16.5. The Morgan fingerprint density at radius 2 is 1.85 bits per heavy atom. The molecule has 0 unspecified atom stereocenters. The van der Waals surface area contributed by atoms with E-state index in [0.29, 0.717) is 30.4 Å². The minimum atomic E-state index is -0.550. The summed E-state index contributed by atoms with van der Waals surface area (Å²) < 4.78 is 10.7. The van der Waals surface area contributed by atoms with Crippen molar-refractivity contribution < 1.29 is 19.1 Å². The van der Waals surface area contributed by atoms with Crippen LogP contribution in [-0.4, -0.2) is 25.1 Å². The van der Waals surface area contributed by atoms with Crippen molar-refractivity contribution in [3.8, 4) is 5.75 Å². The monoisotopic (exact) mass is 355 g/mol. The number of carbonyl (C=O) groups excluding carboxylic acids is 2. The highest BCUT2D eigenvalue weighted by Gasteiger charge is 2.11. The van der Waals surface area contributed by atoms with E-state index in [0.717, 1.165) is 11.1 Å². The van der Waals surface area contributed by atoms with Crippen molar-refractivity contribution >= 4 is 11.9 Å². The van der Waals surface area contributed by atoms with Gasteiger partial charge in [0, 0.05) is 6.54 Å². The standard InChI is InChI=1S/C21H25NO4/c1-15(2)13-25-19-10-6-9-17(11-19)21(24)26-14-20(23)22-12-18-8-5-4-7-16(18)3/h4-11,15H,12-14H2,1-3H3,(H,22,23). The molecule has 26 heavy (non-hydrogen) atoms. The van der Waals surface area contributed by atoms with Crippen LogP contribution in [0.4, 0.5) is 0 Å². The van der Waals surface area contributed by atoms with E-state index >= 15 is 0 Å².